The Morgan fingerprint density at radius 2 is 2.17 bits per heavy atom. The van der Waals surface area contributed by atoms with Gasteiger partial charge in [-0.1, -0.05) is 0 Å². The molecule has 0 spiro atoms. The van der Waals surface area contributed by atoms with Gasteiger partial charge in [-0.2, -0.15) is 10.2 Å². The summed E-state index contributed by atoms with van der Waals surface area (Å²) >= 11 is 0. The summed E-state index contributed by atoms with van der Waals surface area (Å²) in [6, 6.07) is 0.287. The van der Waals surface area contributed by atoms with Crippen molar-refractivity contribution in [3.05, 3.63) is 52.4 Å². The number of aliphatic imine (C=N–C) groups is 1. The first-order valence-electron chi connectivity index (χ1n) is 9.41. The molecule has 154 valence electrons. The molecular formula is C17H23N9O3. The smallest absolute Gasteiger partial charge is 0.308 e. The molecule has 29 heavy (non-hydrogen) atoms. The minimum absolute atomic E-state index is 0.267. The number of hydrogen-bond acceptors (Lipinski definition) is 9. The fourth-order valence-electron chi connectivity index (χ4n) is 3.40. The second-order valence-corrected chi connectivity index (χ2v) is 6.92. The normalized spacial score (nSPS) is 22.6. The third kappa shape index (κ3) is 3.71. The monoisotopic (exact) mass is 401 g/mol. The molecule has 2 aromatic rings. The zero-order chi connectivity index (χ0) is 20.4. The summed E-state index contributed by atoms with van der Waals surface area (Å²) in [4.78, 5) is 15.4. The van der Waals surface area contributed by atoms with Crippen LogP contribution in [0.3, 0.4) is 0 Å². The Bertz CT molecular complexity index is 957. The summed E-state index contributed by atoms with van der Waals surface area (Å²) in [7, 11) is 0. The molecule has 0 saturated carbocycles. The lowest BCUT2D eigenvalue weighted by molar-refractivity contribution is -0.436. The Balaban J connectivity index is 1.58. The van der Waals surface area contributed by atoms with E-state index < -0.39 is 10.6 Å². The van der Waals surface area contributed by atoms with Crippen LogP contribution in [0.2, 0.25) is 0 Å². The lowest BCUT2D eigenvalue weighted by Gasteiger charge is -2.26. The summed E-state index contributed by atoms with van der Waals surface area (Å²) in [5.41, 5.74) is 5.59. The van der Waals surface area contributed by atoms with E-state index in [0.717, 1.165) is 26.1 Å². The van der Waals surface area contributed by atoms with Gasteiger partial charge in [0, 0.05) is 37.7 Å². The number of nitrogens with one attached hydrogen (secondary N) is 2. The molecule has 0 aromatic carbocycles. The highest BCUT2D eigenvalue weighted by molar-refractivity contribution is 5.95. The lowest BCUT2D eigenvalue weighted by Crippen LogP contribution is -2.47. The van der Waals surface area contributed by atoms with Crippen molar-refractivity contribution in [3.8, 4) is 0 Å². The maximum absolute atomic E-state index is 11.5. The van der Waals surface area contributed by atoms with E-state index in [9.17, 15) is 10.1 Å². The highest BCUT2D eigenvalue weighted by atomic mass is 16.6. The van der Waals surface area contributed by atoms with Crippen LogP contribution in [0.4, 0.5) is 5.69 Å². The van der Waals surface area contributed by atoms with E-state index in [2.05, 4.69) is 25.8 Å². The highest BCUT2D eigenvalue weighted by Crippen LogP contribution is 2.30. The van der Waals surface area contributed by atoms with Crippen molar-refractivity contribution in [1.82, 2.24) is 24.9 Å². The van der Waals surface area contributed by atoms with Crippen LogP contribution in [0.15, 0.2) is 41.7 Å². The number of hydrogen-bond donors (Lipinski definition) is 3. The van der Waals surface area contributed by atoms with E-state index in [1.807, 2.05) is 17.8 Å². The summed E-state index contributed by atoms with van der Waals surface area (Å²) in [5, 5.41) is 26.0. The van der Waals surface area contributed by atoms with Gasteiger partial charge in [0.05, 0.1) is 35.2 Å². The number of nitro groups is 1. The zero-order valence-electron chi connectivity index (χ0n) is 16.0. The summed E-state index contributed by atoms with van der Waals surface area (Å²) < 4.78 is 8.92. The Kier molecular flexibility index (Phi) is 5.03. The molecule has 12 heteroatoms. The first-order valence-corrected chi connectivity index (χ1v) is 9.41. The van der Waals surface area contributed by atoms with Crippen LogP contribution >= 0.6 is 0 Å². The predicted octanol–water partition coefficient (Wildman–Crippen LogP) is 0.752. The van der Waals surface area contributed by atoms with E-state index >= 15 is 0 Å². The van der Waals surface area contributed by atoms with Gasteiger partial charge >= 0.3 is 5.70 Å². The van der Waals surface area contributed by atoms with Gasteiger partial charge in [-0.05, 0) is 19.8 Å². The van der Waals surface area contributed by atoms with Crippen molar-refractivity contribution < 1.29 is 9.66 Å². The van der Waals surface area contributed by atoms with Crippen molar-refractivity contribution in [2.45, 2.75) is 38.0 Å². The average molecular weight is 401 g/mol. The minimum atomic E-state index is -1.67. The molecule has 1 fully saturated rings. The van der Waals surface area contributed by atoms with Crippen LogP contribution in [-0.2, 0) is 16.9 Å². The molecule has 0 radical (unpaired) electrons. The van der Waals surface area contributed by atoms with Crippen molar-refractivity contribution in [2.24, 2.45) is 10.7 Å². The van der Waals surface area contributed by atoms with Gasteiger partial charge in [-0.3, -0.25) is 25.2 Å². The fourth-order valence-corrected chi connectivity index (χ4v) is 3.40. The number of ether oxygens (including phenoxy) is 1. The molecule has 2 aromatic heterocycles. The van der Waals surface area contributed by atoms with E-state index in [1.165, 1.54) is 12.4 Å². The average Bonchev–Trinajstić information content (AvgIpc) is 3.38. The first-order chi connectivity index (χ1) is 14.0. The van der Waals surface area contributed by atoms with E-state index in [4.69, 9.17) is 10.5 Å². The van der Waals surface area contributed by atoms with Crippen molar-refractivity contribution in [2.75, 3.05) is 18.5 Å². The van der Waals surface area contributed by atoms with Crippen LogP contribution in [0.1, 0.15) is 31.4 Å². The molecule has 12 nitrogen and oxygen atoms in total. The van der Waals surface area contributed by atoms with Crippen LogP contribution in [-0.4, -0.2) is 43.7 Å². The third-order valence-corrected chi connectivity index (χ3v) is 5.05. The summed E-state index contributed by atoms with van der Waals surface area (Å²) in [6.07, 6.45) is 9.77. The number of anilines is 1. The van der Waals surface area contributed by atoms with Crippen LogP contribution in [0.25, 0.3) is 0 Å². The zero-order valence-corrected chi connectivity index (χ0v) is 16.0. The highest BCUT2D eigenvalue weighted by Gasteiger charge is 2.44. The predicted molar refractivity (Wildman–Crippen MR) is 104 cm³/mol. The molecule has 0 amide bonds. The maximum Gasteiger partial charge on any atom is 0.308 e. The number of rotatable bonds is 5. The molecule has 4 N–H and O–H groups in total. The molecular weight excluding hydrogens is 378 g/mol. The maximum atomic E-state index is 11.5. The number of guanidine groups is 1. The molecule has 2 aliphatic heterocycles. The molecule has 4 rings (SSSR count). The third-order valence-electron chi connectivity index (χ3n) is 5.05. The Morgan fingerprint density at radius 1 is 1.38 bits per heavy atom. The number of aromatic nitrogens is 4. The van der Waals surface area contributed by atoms with Gasteiger partial charge in [0.2, 0.25) is 11.6 Å². The summed E-state index contributed by atoms with van der Waals surface area (Å²) in [6.45, 7) is 3.97. The molecule has 2 aliphatic rings. The van der Waals surface area contributed by atoms with E-state index in [-0.39, 0.29) is 17.7 Å². The van der Waals surface area contributed by atoms with Gasteiger partial charge in [0.15, 0.2) is 0 Å². The van der Waals surface area contributed by atoms with Crippen molar-refractivity contribution >= 4 is 11.6 Å². The molecule has 1 saturated heterocycles. The Hall–Kier alpha value is -3.25. The standard InChI is InChI=1S/C17H23N9O3/c1-2-24-10-12(7-20-24)17(18)15(26(27)28)9-19-16(23-17)22-13-8-21-25(11-13)14-3-5-29-6-4-14/h7-11,14H,2-6,18H2,1H3,(H2,19,22,23). The first kappa shape index (κ1) is 19.1. The topological polar surface area (TPSA) is 150 Å². The second-order valence-electron chi connectivity index (χ2n) is 6.92. The van der Waals surface area contributed by atoms with Crippen molar-refractivity contribution in [1.29, 1.82) is 0 Å². The Morgan fingerprint density at radius 3 is 2.86 bits per heavy atom. The summed E-state index contributed by atoms with van der Waals surface area (Å²) in [5.74, 6) is 0.286. The minimum Gasteiger partial charge on any atom is -0.381 e. The van der Waals surface area contributed by atoms with Gasteiger partial charge < -0.3 is 15.4 Å². The molecule has 0 bridgehead atoms. The van der Waals surface area contributed by atoms with E-state index in [0.29, 0.717) is 17.8 Å². The van der Waals surface area contributed by atoms with Crippen LogP contribution in [0.5, 0.6) is 0 Å². The number of aryl methyl sites for hydroxylation is 1. The van der Waals surface area contributed by atoms with Gasteiger partial charge in [-0.25, -0.2) is 4.99 Å². The van der Waals surface area contributed by atoms with Gasteiger partial charge in [0.1, 0.15) is 0 Å². The van der Waals surface area contributed by atoms with Crippen LogP contribution in [0, 0.1) is 10.1 Å². The number of nitrogens with two attached hydrogens (primary N) is 1. The van der Waals surface area contributed by atoms with Gasteiger partial charge in [-0.15, -0.1) is 0 Å². The van der Waals surface area contributed by atoms with Crippen LogP contribution < -0.4 is 16.4 Å². The lowest BCUT2D eigenvalue weighted by atomic mass is 10.0. The second kappa shape index (κ2) is 7.64. The molecule has 4 heterocycles. The van der Waals surface area contributed by atoms with Gasteiger partial charge in [0.25, 0.3) is 0 Å². The fraction of sp³-hybridized carbons (Fsp3) is 0.471. The largest absolute Gasteiger partial charge is 0.381 e. The molecule has 1 atom stereocenters. The molecule has 0 aliphatic carbocycles. The quantitative estimate of drug-likeness (QED) is 0.490. The number of nitrogens with zero attached hydrogens (tertiary/aromatic N) is 6. The molecule has 1 unspecified atom stereocenters. The van der Waals surface area contributed by atoms with Crippen molar-refractivity contribution in [3.63, 3.8) is 0 Å². The van der Waals surface area contributed by atoms with E-state index in [1.54, 1.807) is 17.1 Å². The SMILES string of the molecule is CCn1cc(C2(N)N=C(Nc3cnn(C4CCOCC4)c3)NC=C2[N+](=O)[O-])cn1. The Labute approximate surface area is 166 Å².